The average molecular weight is 375 g/mol. The zero-order valence-electron chi connectivity index (χ0n) is 14.7. The van der Waals surface area contributed by atoms with E-state index in [1.165, 1.54) is 18.1 Å². The van der Waals surface area contributed by atoms with Gasteiger partial charge in [0.2, 0.25) is 0 Å². The van der Waals surface area contributed by atoms with E-state index in [1.54, 1.807) is 0 Å². The summed E-state index contributed by atoms with van der Waals surface area (Å²) in [4.78, 5) is 14.5. The van der Waals surface area contributed by atoms with Crippen LogP contribution in [0.2, 0.25) is 0 Å². The first kappa shape index (κ1) is 17.7. The van der Waals surface area contributed by atoms with Gasteiger partial charge in [-0.1, -0.05) is 18.2 Å². The lowest BCUT2D eigenvalue weighted by atomic mass is 9.74. The van der Waals surface area contributed by atoms with Crippen LogP contribution in [-0.2, 0) is 0 Å². The Morgan fingerprint density at radius 2 is 2.11 bits per heavy atom. The van der Waals surface area contributed by atoms with E-state index >= 15 is 0 Å². The molecule has 1 N–H and O–H groups in total. The molecule has 1 amide bonds. The number of rotatable bonds is 3. The Morgan fingerprint density at radius 3 is 2.85 bits per heavy atom. The predicted molar refractivity (Wildman–Crippen MR) is 93.0 cm³/mol. The maximum Gasteiger partial charge on any atom is 0.260 e. The monoisotopic (exact) mass is 375 g/mol. The van der Waals surface area contributed by atoms with Crippen molar-refractivity contribution in [3.8, 4) is 11.5 Å². The van der Waals surface area contributed by atoms with Gasteiger partial charge in [0.05, 0.1) is 25.7 Å². The molecular weight excluding hydrogens is 356 g/mol. The van der Waals surface area contributed by atoms with Gasteiger partial charge in [0.25, 0.3) is 5.91 Å². The molecule has 0 aromatic heterocycles. The Bertz CT molecular complexity index is 904. The number of likely N-dealkylation sites (tertiary alicyclic amines) is 1. The van der Waals surface area contributed by atoms with Crippen molar-refractivity contribution in [3.63, 3.8) is 0 Å². The van der Waals surface area contributed by atoms with Crippen molar-refractivity contribution in [2.75, 3.05) is 33.4 Å². The van der Waals surface area contributed by atoms with Crippen LogP contribution >= 0.6 is 0 Å². The van der Waals surface area contributed by atoms with Crippen molar-refractivity contribution in [2.45, 2.75) is 5.92 Å². The van der Waals surface area contributed by atoms with Gasteiger partial charge < -0.3 is 19.5 Å². The highest BCUT2D eigenvalue weighted by atomic mass is 19.2. The van der Waals surface area contributed by atoms with Crippen LogP contribution in [0.1, 0.15) is 21.8 Å². The topological polar surface area (TPSA) is 59.0 Å². The van der Waals surface area contributed by atoms with Gasteiger partial charge in [-0.05, 0) is 23.8 Å². The molecule has 5 nitrogen and oxygen atoms in total. The smallest absolute Gasteiger partial charge is 0.260 e. The molecule has 1 saturated heterocycles. The first-order chi connectivity index (χ1) is 13.0. The second-order valence-corrected chi connectivity index (χ2v) is 7.02. The summed E-state index contributed by atoms with van der Waals surface area (Å²) in [6.07, 6.45) is 0. The third kappa shape index (κ3) is 2.65. The molecule has 0 aliphatic carbocycles. The SMILES string of the molecule is COc1ccc(F)c(F)c1C(=O)N1C[C@@H]2c3ccccc3OC[C@]2(CO)C1. The number of fused-ring (bicyclic) bond motifs is 3. The minimum absolute atomic E-state index is 0.0246. The van der Waals surface area contributed by atoms with Gasteiger partial charge in [0.15, 0.2) is 11.6 Å². The zero-order chi connectivity index (χ0) is 19.2. The molecule has 0 radical (unpaired) electrons. The van der Waals surface area contributed by atoms with Crippen LogP contribution in [0.3, 0.4) is 0 Å². The molecule has 2 atom stereocenters. The average Bonchev–Trinajstić information content (AvgIpc) is 3.10. The number of benzene rings is 2. The summed E-state index contributed by atoms with van der Waals surface area (Å²) < 4.78 is 38.9. The Kier molecular flexibility index (Phi) is 4.26. The fourth-order valence-corrected chi connectivity index (χ4v) is 4.09. The van der Waals surface area contributed by atoms with Crippen LogP contribution in [0.4, 0.5) is 8.78 Å². The van der Waals surface area contributed by atoms with E-state index in [0.717, 1.165) is 17.4 Å². The molecule has 0 spiro atoms. The molecular formula is C20H19F2NO4. The minimum Gasteiger partial charge on any atom is -0.496 e. The fraction of sp³-hybridized carbons (Fsp3) is 0.350. The molecule has 7 heteroatoms. The number of hydrogen-bond acceptors (Lipinski definition) is 4. The van der Waals surface area contributed by atoms with E-state index < -0.39 is 28.5 Å². The van der Waals surface area contributed by atoms with E-state index in [4.69, 9.17) is 9.47 Å². The largest absolute Gasteiger partial charge is 0.496 e. The van der Waals surface area contributed by atoms with Crippen molar-refractivity contribution >= 4 is 5.91 Å². The highest BCUT2D eigenvalue weighted by molar-refractivity contribution is 5.97. The Morgan fingerprint density at radius 1 is 1.33 bits per heavy atom. The molecule has 2 aromatic rings. The van der Waals surface area contributed by atoms with Gasteiger partial charge in [0.1, 0.15) is 17.1 Å². The van der Waals surface area contributed by atoms with Crippen molar-refractivity contribution in [1.82, 2.24) is 4.90 Å². The molecule has 142 valence electrons. The Balaban J connectivity index is 1.72. The third-order valence-electron chi connectivity index (χ3n) is 5.55. The standard InChI is InChI=1S/C20H19F2NO4/c1-26-16-7-6-14(21)18(22)17(16)19(25)23-8-13-12-4-2-3-5-15(12)27-11-20(13,9-23)10-24/h2-7,13,24H,8-11H2,1H3/t13-,20-/m1/s1. The first-order valence-electron chi connectivity index (χ1n) is 8.64. The summed E-state index contributed by atoms with van der Waals surface area (Å²) in [5.74, 6) is -2.47. The fourth-order valence-electron chi connectivity index (χ4n) is 4.09. The van der Waals surface area contributed by atoms with Crippen LogP contribution < -0.4 is 9.47 Å². The summed E-state index contributed by atoms with van der Waals surface area (Å²) in [6.45, 7) is 0.523. The Hall–Kier alpha value is -2.67. The summed E-state index contributed by atoms with van der Waals surface area (Å²) in [7, 11) is 1.30. The molecule has 4 rings (SSSR count). The first-order valence-corrected chi connectivity index (χ1v) is 8.64. The van der Waals surface area contributed by atoms with E-state index in [1.807, 2.05) is 24.3 Å². The molecule has 2 aromatic carbocycles. The predicted octanol–water partition coefficient (Wildman–Crippen LogP) is 2.58. The summed E-state index contributed by atoms with van der Waals surface area (Å²) in [5, 5.41) is 10.1. The number of carbonyl (C=O) groups is 1. The molecule has 1 fully saturated rings. The summed E-state index contributed by atoms with van der Waals surface area (Å²) >= 11 is 0. The molecule has 2 heterocycles. The van der Waals surface area contributed by atoms with Crippen molar-refractivity contribution in [1.29, 1.82) is 0 Å². The summed E-state index contributed by atoms with van der Waals surface area (Å²) in [5.41, 5.74) is -0.209. The maximum absolute atomic E-state index is 14.4. The number of nitrogens with zero attached hydrogens (tertiary/aromatic N) is 1. The number of amides is 1. The van der Waals surface area contributed by atoms with Crippen LogP contribution in [0.5, 0.6) is 11.5 Å². The number of halogens is 2. The molecule has 2 aliphatic heterocycles. The van der Waals surface area contributed by atoms with Crippen molar-refractivity contribution in [3.05, 3.63) is 59.2 Å². The second kappa shape index (κ2) is 6.49. The van der Waals surface area contributed by atoms with Crippen LogP contribution in [0, 0.1) is 17.0 Å². The molecule has 2 aliphatic rings. The number of methoxy groups -OCH3 is 1. The van der Waals surface area contributed by atoms with E-state index in [9.17, 15) is 18.7 Å². The molecule has 0 bridgehead atoms. The minimum atomic E-state index is -1.23. The van der Waals surface area contributed by atoms with E-state index in [2.05, 4.69) is 0 Å². The van der Waals surface area contributed by atoms with Gasteiger partial charge in [0, 0.05) is 19.0 Å². The lowest BCUT2D eigenvalue weighted by Gasteiger charge is -2.37. The molecule has 0 unspecified atom stereocenters. The normalized spacial score (nSPS) is 23.4. The zero-order valence-corrected chi connectivity index (χ0v) is 14.7. The molecule has 0 saturated carbocycles. The van der Waals surface area contributed by atoms with Crippen molar-refractivity contribution in [2.24, 2.45) is 5.41 Å². The third-order valence-corrected chi connectivity index (χ3v) is 5.55. The van der Waals surface area contributed by atoms with Crippen molar-refractivity contribution < 1.29 is 28.2 Å². The quantitative estimate of drug-likeness (QED) is 0.896. The highest BCUT2D eigenvalue weighted by Gasteiger charge is 2.52. The number of ether oxygens (including phenoxy) is 2. The number of carbonyl (C=O) groups excluding carboxylic acids is 1. The van der Waals surface area contributed by atoms with Gasteiger partial charge in [-0.2, -0.15) is 0 Å². The Labute approximate surface area is 155 Å². The van der Waals surface area contributed by atoms with Gasteiger partial charge in [-0.25, -0.2) is 8.78 Å². The van der Waals surface area contributed by atoms with Gasteiger partial charge in [-0.3, -0.25) is 4.79 Å². The second-order valence-electron chi connectivity index (χ2n) is 7.02. The van der Waals surface area contributed by atoms with E-state index in [-0.39, 0.29) is 38.0 Å². The van der Waals surface area contributed by atoms with Gasteiger partial charge >= 0.3 is 0 Å². The van der Waals surface area contributed by atoms with Gasteiger partial charge in [-0.15, -0.1) is 0 Å². The van der Waals surface area contributed by atoms with Crippen LogP contribution in [0.15, 0.2) is 36.4 Å². The number of aliphatic hydroxyl groups is 1. The van der Waals surface area contributed by atoms with Crippen LogP contribution in [-0.4, -0.2) is 49.3 Å². The number of aliphatic hydroxyl groups excluding tert-OH is 1. The summed E-state index contributed by atoms with van der Waals surface area (Å²) in [6, 6.07) is 9.63. The van der Waals surface area contributed by atoms with E-state index in [0.29, 0.717) is 0 Å². The lowest BCUT2D eigenvalue weighted by Crippen LogP contribution is -2.42. The lowest BCUT2D eigenvalue weighted by molar-refractivity contribution is 0.0438. The number of para-hydroxylation sites is 1. The maximum atomic E-state index is 14.4. The highest BCUT2D eigenvalue weighted by Crippen LogP contribution is 2.49. The molecule has 27 heavy (non-hydrogen) atoms. The number of hydrogen-bond donors (Lipinski definition) is 1. The van der Waals surface area contributed by atoms with Crippen LogP contribution in [0.25, 0.3) is 0 Å².